The maximum absolute atomic E-state index is 14.0. The van der Waals surface area contributed by atoms with Gasteiger partial charge in [-0.1, -0.05) is 26.0 Å². The largest absolute Gasteiger partial charge is 0.493 e. The van der Waals surface area contributed by atoms with E-state index in [0.717, 1.165) is 24.1 Å². The summed E-state index contributed by atoms with van der Waals surface area (Å²) in [6, 6.07) is 6.86. The number of carbonyl (C=O) groups is 1. The summed E-state index contributed by atoms with van der Waals surface area (Å²) >= 11 is 0. The van der Waals surface area contributed by atoms with E-state index < -0.39 is 0 Å². The van der Waals surface area contributed by atoms with E-state index in [2.05, 4.69) is 24.3 Å². The highest BCUT2D eigenvalue weighted by Crippen LogP contribution is 2.28. The summed E-state index contributed by atoms with van der Waals surface area (Å²) in [5, 5.41) is 7.52. The van der Waals surface area contributed by atoms with Crippen LogP contribution in [0.1, 0.15) is 37.9 Å². The summed E-state index contributed by atoms with van der Waals surface area (Å²) in [6.45, 7) is 5.33. The number of rotatable bonds is 6. The highest BCUT2D eigenvalue weighted by molar-refractivity contribution is 5.75. The number of hydrogen-bond donors (Lipinski definition) is 1. The third-order valence-corrected chi connectivity index (χ3v) is 5.43. The van der Waals surface area contributed by atoms with Crippen LogP contribution in [0.25, 0.3) is 0 Å². The minimum absolute atomic E-state index is 0.0358. The number of hydrogen-bond acceptors (Lipinski definition) is 3. The monoisotopic (exact) mass is 388 g/mol. The third kappa shape index (κ3) is 4.29. The fourth-order valence-corrected chi connectivity index (χ4v) is 3.78. The topological polar surface area (TPSA) is 59.4 Å². The smallest absolute Gasteiger partial charge is 0.317 e. The van der Waals surface area contributed by atoms with Crippen LogP contribution in [0.3, 0.4) is 0 Å². The number of aromatic nitrogens is 2. The van der Waals surface area contributed by atoms with E-state index in [1.807, 2.05) is 30.3 Å². The van der Waals surface area contributed by atoms with Gasteiger partial charge in [-0.2, -0.15) is 5.10 Å². The Kier molecular flexibility index (Phi) is 5.91. The van der Waals surface area contributed by atoms with Gasteiger partial charge in [-0.25, -0.2) is 9.18 Å². The Morgan fingerprint density at radius 2 is 2.18 bits per heavy atom. The average Bonchev–Trinajstić information content (AvgIpc) is 3.29. The molecule has 1 aliphatic heterocycles. The number of benzene rings is 1. The lowest BCUT2D eigenvalue weighted by Gasteiger charge is -2.28. The molecule has 1 fully saturated rings. The number of halogens is 1. The highest BCUT2D eigenvalue weighted by atomic mass is 19.1. The zero-order chi connectivity index (χ0) is 20.3. The van der Waals surface area contributed by atoms with E-state index in [0.29, 0.717) is 19.5 Å². The first-order valence-corrected chi connectivity index (χ1v) is 9.68. The Bertz CT molecular complexity index is 834. The number of nitrogens with one attached hydrogen (secondary N) is 1. The average molecular weight is 388 g/mol. The van der Waals surface area contributed by atoms with Crippen molar-refractivity contribution in [3.63, 3.8) is 0 Å². The van der Waals surface area contributed by atoms with E-state index in [1.54, 1.807) is 10.7 Å². The molecule has 1 unspecified atom stereocenters. The molecule has 152 valence electrons. The van der Waals surface area contributed by atoms with Gasteiger partial charge in [0.1, 0.15) is 0 Å². The predicted molar refractivity (Wildman–Crippen MR) is 106 cm³/mol. The van der Waals surface area contributed by atoms with Crippen LogP contribution in [0.2, 0.25) is 0 Å². The SMILES string of the molecule is COc1c(F)cccc1CC1CCCN1C(=O)NCC(C)(C)c1ccn(C)n1. The number of aryl methyl sites for hydroxylation is 1. The molecule has 0 aliphatic carbocycles. The molecule has 0 saturated carbocycles. The van der Waals surface area contributed by atoms with E-state index in [1.165, 1.54) is 13.2 Å². The zero-order valence-corrected chi connectivity index (χ0v) is 17.0. The van der Waals surface area contributed by atoms with Crippen LogP contribution in [0.5, 0.6) is 5.75 Å². The van der Waals surface area contributed by atoms with Crippen LogP contribution in [0, 0.1) is 5.82 Å². The number of para-hydroxylation sites is 1. The molecule has 2 amide bonds. The second-order valence-electron chi connectivity index (χ2n) is 8.04. The van der Waals surface area contributed by atoms with Crippen molar-refractivity contribution in [3.05, 3.63) is 47.5 Å². The number of methoxy groups -OCH3 is 1. The van der Waals surface area contributed by atoms with Crippen molar-refractivity contribution in [2.24, 2.45) is 7.05 Å². The molecule has 2 aromatic rings. The van der Waals surface area contributed by atoms with Gasteiger partial charge in [0.15, 0.2) is 11.6 Å². The van der Waals surface area contributed by atoms with E-state index in [4.69, 9.17) is 4.74 Å². The maximum Gasteiger partial charge on any atom is 0.317 e. The van der Waals surface area contributed by atoms with Gasteiger partial charge in [-0.3, -0.25) is 4.68 Å². The summed E-state index contributed by atoms with van der Waals surface area (Å²) in [7, 11) is 3.36. The third-order valence-electron chi connectivity index (χ3n) is 5.43. The van der Waals surface area contributed by atoms with Crippen LogP contribution in [-0.4, -0.2) is 47.0 Å². The highest BCUT2D eigenvalue weighted by Gasteiger charge is 2.31. The van der Waals surface area contributed by atoms with E-state index >= 15 is 0 Å². The van der Waals surface area contributed by atoms with Crippen LogP contribution in [-0.2, 0) is 18.9 Å². The van der Waals surface area contributed by atoms with Crippen molar-refractivity contribution in [1.29, 1.82) is 0 Å². The molecule has 1 aromatic carbocycles. The van der Waals surface area contributed by atoms with Gasteiger partial charge in [0.2, 0.25) is 0 Å². The second kappa shape index (κ2) is 8.20. The Morgan fingerprint density at radius 3 is 2.86 bits per heavy atom. The molecule has 1 aromatic heterocycles. The van der Waals surface area contributed by atoms with E-state index in [-0.39, 0.29) is 29.1 Å². The van der Waals surface area contributed by atoms with Crippen molar-refractivity contribution in [2.45, 2.75) is 44.6 Å². The summed E-state index contributed by atoms with van der Waals surface area (Å²) in [6.07, 6.45) is 4.33. The molecule has 1 saturated heterocycles. The molecule has 1 N–H and O–H groups in total. The second-order valence-corrected chi connectivity index (χ2v) is 8.04. The van der Waals surface area contributed by atoms with Crippen molar-refractivity contribution >= 4 is 6.03 Å². The van der Waals surface area contributed by atoms with Crippen LogP contribution < -0.4 is 10.1 Å². The summed E-state index contributed by atoms with van der Waals surface area (Å²) in [5.41, 5.74) is 1.47. The molecule has 3 rings (SSSR count). The van der Waals surface area contributed by atoms with Crippen LogP contribution in [0.15, 0.2) is 30.5 Å². The van der Waals surface area contributed by atoms with Gasteiger partial charge in [0.05, 0.1) is 12.8 Å². The van der Waals surface area contributed by atoms with Gasteiger partial charge in [-0.05, 0) is 37.0 Å². The standard InChI is InChI=1S/C21H29FN4O2/c1-21(2,18-10-12-25(3)24-18)14-23-20(27)26-11-6-8-16(26)13-15-7-5-9-17(22)19(15)28-4/h5,7,9-10,12,16H,6,8,11,13-14H2,1-4H3,(H,23,27). The number of carbonyl (C=O) groups excluding carboxylic acids is 1. The van der Waals surface area contributed by atoms with Gasteiger partial charge in [0.25, 0.3) is 0 Å². The number of ether oxygens (including phenoxy) is 1. The number of likely N-dealkylation sites (tertiary alicyclic amines) is 1. The molecular formula is C21H29FN4O2. The van der Waals surface area contributed by atoms with Crippen molar-refractivity contribution < 1.29 is 13.9 Å². The first-order valence-electron chi connectivity index (χ1n) is 9.68. The Morgan fingerprint density at radius 1 is 1.39 bits per heavy atom. The number of amides is 2. The number of urea groups is 1. The number of nitrogens with zero attached hydrogens (tertiary/aromatic N) is 3. The summed E-state index contributed by atoms with van der Waals surface area (Å²) in [4.78, 5) is 14.7. The molecule has 0 bridgehead atoms. The molecule has 0 radical (unpaired) electrons. The zero-order valence-electron chi connectivity index (χ0n) is 17.0. The van der Waals surface area contributed by atoms with E-state index in [9.17, 15) is 9.18 Å². The first-order chi connectivity index (χ1) is 13.3. The molecule has 7 heteroatoms. The molecule has 1 atom stereocenters. The van der Waals surface area contributed by atoms with Crippen molar-refractivity contribution in [3.8, 4) is 5.75 Å². The fourth-order valence-electron chi connectivity index (χ4n) is 3.78. The molecule has 2 heterocycles. The van der Waals surface area contributed by atoms with Gasteiger partial charge < -0.3 is 15.0 Å². The summed E-state index contributed by atoms with van der Waals surface area (Å²) < 4.78 is 21.0. The van der Waals surface area contributed by atoms with Gasteiger partial charge in [0, 0.05) is 37.8 Å². The molecule has 1 aliphatic rings. The quantitative estimate of drug-likeness (QED) is 0.826. The molecule has 6 nitrogen and oxygen atoms in total. The van der Waals surface area contributed by atoms with Crippen LogP contribution in [0.4, 0.5) is 9.18 Å². The maximum atomic E-state index is 14.0. The van der Waals surface area contributed by atoms with Gasteiger partial charge in [-0.15, -0.1) is 0 Å². The molecule has 0 spiro atoms. The minimum atomic E-state index is -0.369. The Balaban J connectivity index is 1.64. The normalized spacial score (nSPS) is 17.0. The minimum Gasteiger partial charge on any atom is -0.493 e. The van der Waals surface area contributed by atoms with Crippen LogP contribution >= 0.6 is 0 Å². The lowest BCUT2D eigenvalue weighted by molar-refractivity contribution is 0.189. The fraction of sp³-hybridized carbons (Fsp3) is 0.524. The molecule has 28 heavy (non-hydrogen) atoms. The Labute approximate surface area is 165 Å². The lowest BCUT2D eigenvalue weighted by atomic mass is 9.89. The first kappa shape index (κ1) is 20.2. The van der Waals surface area contributed by atoms with Crippen molar-refractivity contribution in [2.75, 3.05) is 20.2 Å². The molecular weight excluding hydrogens is 359 g/mol. The Hall–Kier alpha value is -2.57. The lowest BCUT2D eigenvalue weighted by Crippen LogP contribution is -2.47. The predicted octanol–water partition coefficient (Wildman–Crippen LogP) is 3.26. The van der Waals surface area contributed by atoms with Gasteiger partial charge >= 0.3 is 6.03 Å². The van der Waals surface area contributed by atoms with Crippen molar-refractivity contribution in [1.82, 2.24) is 20.0 Å². The summed E-state index contributed by atoms with van der Waals surface area (Å²) in [5.74, 6) is -0.0999.